The molecule has 2 heterocycles. The topological polar surface area (TPSA) is 65.5 Å². The molecule has 0 radical (unpaired) electrons. The number of para-hydroxylation sites is 1. The van der Waals surface area contributed by atoms with Crippen LogP contribution < -0.4 is 9.62 Å². The van der Waals surface area contributed by atoms with Gasteiger partial charge in [-0.15, -0.1) is 0 Å². The molecule has 1 fully saturated rings. The lowest BCUT2D eigenvalue weighted by atomic mass is 10.1. The van der Waals surface area contributed by atoms with Gasteiger partial charge >= 0.3 is 0 Å². The largest absolute Gasteiger partial charge is 0.369 e. The van der Waals surface area contributed by atoms with E-state index < -0.39 is 10.0 Å². The third kappa shape index (κ3) is 5.43. The molecule has 31 heavy (non-hydrogen) atoms. The molecule has 162 valence electrons. The van der Waals surface area contributed by atoms with E-state index >= 15 is 0 Å². The number of hydrogen-bond donors (Lipinski definition) is 1. The molecule has 8 heteroatoms. The number of piperazine rings is 1. The van der Waals surface area contributed by atoms with E-state index in [0.29, 0.717) is 5.02 Å². The van der Waals surface area contributed by atoms with Crippen LogP contribution in [0.5, 0.6) is 0 Å². The SMILES string of the molecule is O=S(=O)(NC[C@@H](c1cccnc1)N1CCN(c2ccccc2)CC1)c1ccc(Cl)cc1. The summed E-state index contributed by atoms with van der Waals surface area (Å²) in [6.45, 7) is 3.69. The van der Waals surface area contributed by atoms with Gasteiger partial charge in [-0.2, -0.15) is 0 Å². The molecule has 1 N–H and O–H groups in total. The summed E-state index contributed by atoms with van der Waals surface area (Å²) in [6.07, 6.45) is 3.54. The van der Waals surface area contributed by atoms with Crippen molar-refractivity contribution >= 4 is 27.3 Å². The zero-order chi connectivity index (χ0) is 21.7. The molecule has 0 aliphatic carbocycles. The highest BCUT2D eigenvalue weighted by molar-refractivity contribution is 7.89. The van der Waals surface area contributed by atoms with Gasteiger partial charge in [-0.3, -0.25) is 9.88 Å². The number of anilines is 1. The Bertz CT molecular complexity index is 1070. The van der Waals surface area contributed by atoms with E-state index in [1.807, 2.05) is 36.5 Å². The van der Waals surface area contributed by atoms with E-state index in [0.717, 1.165) is 31.7 Å². The lowest BCUT2D eigenvalue weighted by Gasteiger charge is -2.40. The summed E-state index contributed by atoms with van der Waals surface area (Å²) >= 11 is 5.89. The summed E-state index contributed by atoms with van der Waals surface area (Å²) in [5.41, 5.74) is 2.21. The molecule has 6 nitrogen and oxygen atoms in total. The fourth-order valence-corrected chi connectivity index (χ4v) is 5.01. The Morgan fingerprint density at radius 1 is 0.935 bits per heavy atom. The number of rotatable bonds is 7. The van der Waals surface area contributed by atoms with Crippen LogP contribution in [0.2, 0.25) is 5.02 Å². The Kier molecular flexibility index (Phi) is 6.87. The smallest absolute Gasteiger partial charge is 0.240 e. The summed E-state index contributed by atoms with van der Waals surface area (Å²) in [5, 5.41) is 0.503. The Morgan fingerprint density at radius 2 is 1.65 bits per heavy atom. The highest BCUT2D eigenvalue weighted by Gasteiger charge is 2.27. The normalized spacial score (nSPS) is 16.2. The minimum absolute atomic E-state index is 0.103. The van der Waals surface area contributed by atoms with Crippen LogP contribution in [0.25, 0.3) is 0 Å². The van der Waals surface area contributed by atoms with Crippen molar-refractivity contribution in [3.8, 4) is 0 Å². The molecular formula is C23H25ClN4O2S. The van der Waals surface area contributed by atoms with Gasteiger partial charge in [-0.25, -0.2) is 13.1 Å². The molecule has 3 aromatic rings. The minimum atomic E-state index is -3.64. The number of halogens is 1. The van der Waals surface area contributed by atoms with Gasteiger partial charge in [0.25, 0.3) is 0 Å². The quantitative estimate of drug-likeness (QED) is 0.588. The number of pyridine rings is 1. The molecule has 4 rings (SSSR count). The van der Waals surface area contributed by atoms with Crippen molar-refractivity contribution < 1.29 is 8.42 Å². The van der Waals surface area contributed by atoms with Gasteiger partial charge in [0.2, 0.25) is 10.0 Å². The molecule has 1 aliphatic heterocycles. The molecule has 2 aromatic carbocycles. The zero-order valence-corrected chi connectivity index (χ0v) is 18.6. The first kappa shape index (κ1) is 21.8. The first-order valence-electron chi connectivity index (χ1n) is 10.2. The molecule has 1 saturated heterocycles. The molecule has 0 unspecified atom stereocenters. The van der Waals surface area contributed by atoms with Crippen LogP contribution >= 0.6 is 11.6 Å². The molecule has 0 saturated carbocycles. The summed E-state index contributed by atoms with van der Waals surface area (Å²) in [6, 6.07) is 20.3. The number of aromatic nitrogens is 1. The predicted molar refractivity (Wildman–Crippen MR) is 124 cm³/mol. The van der Waals surface area contributed by atoms with Gasteiger partial charge in [0.15, 0.2) is 0 Å². The van der Waals surface area contributed by atoms with Crippen molar-refractivity contribution in [3.05, 3.63) is 89.7 Å². The minimum Gasteiger partial charge on any atom is -0.369 e. The van der Waals surface area contributed by atoms with E-state index in [4.69, 9.17) is 11.6 Å². The summed E-state index contributed by atoms with van der Waals surface area (Å²) < 4.78 is 28.4. The Labute approximate surface area is 188 Å². The van der Waals surface area contributed by atoms with Crippen molar-refractivity contribution in [3.63, 3.8) is 0 Å². The number of nitrogens with zero attached hydrogens (tertiary/aromatic N) is 3. The van der Waals surface area contributed by atoms with Gasteiger partial charge in [0, 0.05) is 55.8 Å². The zero-order valence-electron chi connectivity index (χ0n) is 17.1. The van der Waals surface area contributed by atoms with Crippen LogP contribution in [0, 0.1) is 0 Å². The third-order valence-electron chi connectivity index (χ3n) is 5.54. The van der Waals surface area contributed by atoms with Crippen molar-refractivity contribution in [1.82, 2.24) is 14.6 Å². The highest BCUT2D eigenvalue weighted by Crippen LogP contribution is 2.24. The van der Waals surface area contributed by atoms with Crippen LogP contribution in [0.3, 0.4) is 0 Å². The van der Waals surface area contributed by atoms with Crippen molar-refractivity contribution in [2.45, 2.75) is 10.9 Å². The van der Waals surface area contributed by atoms with Crippen LogP contribution in [0.1, 0.15) is 11.6 Å². The lowest BCUT2D eigenvalue weighted by molar-refractivity contribution is 0.186. The van der Waals surface area contributed by atoms with Gasteiger partial charge in [-0.1, -0.05) is 35.9 Å². The number of hydrogen-bond acceptors (Lipinski definition) is 5. The fourth-order valence-electron chi connectivity index (χ4n) is 3.85. The van der Waals surface area contributed by atoms with E-state index in [1.54, 1.807) is 18.3 Å². The molecule has 1 atom stereocenters. The summed E-state index contributed by atoms with van der Waals surface area (Å²) in [7, 11) is -3.64. The van der Waals surface area contributed by atoms with E-state index in [2.05, 4.69) is 31.6 Å². The second-order valence-electron chi connectivity index (χ2n) is 7.47. The van der Waals surface area contributed by atoms with Crippen LogP contribution in [-0.2, 0) is 10.0 Å². The number of benzene rings is 2. The highest BCUT2D eigenvalue weighted by atomic mass is 35.5. The average Bonchev–Trinajstić information content (AvgIpc) is 2.81. The van der Waals surface area contributed by atoms with Gasteiger partial charge in [0.1, 0.15) is 0 Å². The summed E-state index contributed by atoms with van der Waals surface area (Å²) in [4.78, 5) is 9.13. The predicted octanol–water partition coefficient (Wildman–Crippen LogP) is 3.58. The van der Waals surface area contributed by atoms with Crippen molar-refractivity contribution in [1.29, 1.82) is 0 Å². The van der Waals surface area contributed by atoms with Gasteiger partial charge in [-0.05, 0) is 48.0 Å². The second kappa shape index (κ2) is 9.78. The molecular weight excluding hydrogens is 432 g/mol. The molecule has 1 aromatic heterocycles. The molecule has 0 bridgehead atoms. The first-order chi connectivity index (χ1) is 15.0. The maximum Gasteiger partial charge on any atom is 0.240 e. The van der Waals surface area contributed by atoms with Crippen molar-refractivity contribution in [2.24, 2.45) is 0 Å². The maximum absolute atomic E-state index is 12.8. The molecule has 0 amide bonds. The summed E-state index contributed by atoms with van der Waals surface area (Å²) in [5.74, 6) is 0. The van der Waals surface area contributed by atoms with Crippen LogP contribution in [0.4, 0.5) is 5.69 Å². The standard InChI is InChI=1S/C23H25ClN4O2S/c24-20-8-10-22(11-9-20)31(29,30)26-18-23(19-5-4-12-25-17-19)28-15-13-27(14-16-28)21-6-2-1-3-7-21/h1-12,17,23,26H,13-16,18H2/t23-/m0/s1. The second-order valence-corrected chi connectivity index (χ2v) is 9.67. The van der Waals surface area contributed by atoms with E-state index in [1.165, 1.54) is 17.8 Å². The average molecular weight is 457 g/mol. The van der Waals surface area contributed by atoms with Gasteiger partial charge < -0.3 is 4.90 Å². The molecule has 1 aliphatic rings. The fraction of sp³-hybridized carbons (Fsp3) is 0.261. The van der Waals surface area contributed by atoms with Crippen molar-refractivity contribution in [2.75, 3.05) is 37.6 Å². The third-order valence-corrected chi connectivity index (χ3v) is 7.23. The maximum atomic E-state index is 12.8. The number of sulfonamides is 1. The number of nitrogens with one attached hydrogen (secondary N) is 1. The van der Waals surface area contributed by atoms with E-state index in [9.17, 15) is 8.42 Å². The lowest BCUT2D eigenvalue weighted by Crippen LogP contribution is -2.49. The Balaban J connectivity index is 1.47. The van der Waals surface area contributed by atoms with Gasteiger partial charge in [0.05, 0.1) is 10.9 Å². The van der Waals surface area contributed by atoms with Crippen LogP contribution in [-0.4, -0.2) is 51.0 Å². The Morgan fingerprint density at radius 3 is 2.29 bits per heavy atom. The molecule has 0 spiro atoms. The van der Waals surface area contributed by atoms with E-state index in [-0.39, 0.29) is 17.5 Å². The monoisotopic (exact) mass is 456 g/mol. The Hall–Kier alpha value is -2.45. The van der Waals surface area contributed by atoms with Crippen LogP contribution in [0.15, 0.2) is 84.0 Å². The first-order valence-corrected chi connectivity index (χ1v) is 12.1.